The molecular formula is C21H16N4O4S2. The Kier molecular flexibility index (Phi) is 5.57. The maximum Gasteiger partial charge on any atom is 0.284 e. The fourth-order valence-corrected chi connectivity index (χ4v) is 4.84. The van der Waals surface area contributed by atoms with Crippen LogP contribution in [0.1, 0.15) is 5.56 Å². The molecular weight excluding hydrogens is 436 g/mol. The van der Waals surface area contributed by atoms with Gasteiger partial charge in [-0.15, -0.1) is 4.40 Å². The fourth-order valence-electron chi connectivity index (χ4n) is 2.77. The van der Waals surface area contributed by atoms with E-state index in [4.69, 9.17) is 0 Å². The number of aliphatic imine (C=N–C) groups is 1. The van der Waals surface area contributed by atoms with E-state index in [0.717, 1.165) is 17.3 Å². The number of rotatable bonds is 5. The first-order chi connectivity index (χ1) is 14.8. The van der Waals surface area contributed by atoms with Gasteiger partial charge in [0, 0.05) is 12.1 Å². The molecule has 0 bridgehead atoms. The van der Waals surface area contributed by atoms with Crippen LogP contribution in [-0.2, 0) is 10.0 Å². The topological polar surface area (TPSA) is 105 Å². The predicted octanol–water partition coefficient (Wildman–Crippen LogP) is 4.89. The molecule has 10 heteroatoms. The highest BCUT2D eigenvalue weighted by Gasteiger charge is 2.35. The van der Waals surface area contributed by atoms with E-state index in [-0.39, 0.29) is 15.8 Å². The molecule has 1 fully saturated rings. The number of benzene rings is 3. The van der Waals surface area contributed by atoms with Crippen LogP contribution in [0.2, 0.25) is 0 Å². The zero-order chi connectivity index (χ0) is 22.0. The average Bonchev–Trinajstić information content (AvgIpc) is 2.74. The van der Waals surface area contributed by atoms with Crippen LogP contribution in [0.25, 0.3) is 0 Å². The van der Waals surface area contributed by atoms with Gasteiger partial charge in [-0.05, 0) is 55.1 Å². The van der Waals surface area contributed by atoms with Crippen molar-refractivity contribution in [2.24, 2.45) is 9.39 Å². The molecule has 1 aliphatic rings. The number of thioether (sulfide) groups is 1. The van der Waals surface area contributed by atoms with Gasteiger partial charge < -0.3 is 0 Å². The number of nitro benzene ring substituents is 1. The fraction of sp³-hybridized carbons (Fsp3) is 0.0476. The molecule has 8 nitrogen and oxygen atoms in total. The molecule has 1 heterocycles. The minimum atomic E-state index is -3.89. The van der Waals surface area contributed by atoms with Crippen LogP contribution >= 0.6 is 11.8 Å². The molecule has 31 heavy (non-hydrogen) atoms. The summed E-state index contributed by atoms with van der Waals surface area (Å²) in [5.74, 6) is 0. The number of non-ortho nitro benzene ring substituents is 1. The Hall–Kier alpha value is -3.50. The number of para-hydroxylation sites is 1. The van der Waals surface area contributed by atoms with Gasteiger partial charge in [-0.2, -0.15) is 8.42 Å². The second-order valence-corrected chi connectivity index (χ2v) is 9.14. The first-order valence-corrected chi connectivity index (χ1v) is 11.4. The first-order valence-electron chi connectivity index (χ1n) is 9.11. The first kappa shape index (κ1) is 20.8. The Balaban J connectivity index is 1.69. The normalized spacial score (nSPS) is 16.4. The molecule has 0 atom stereocenters. The van der Waals surface area contributed by atoms with Gasteiger partial charge in [0.25, 0.3) is 15.7 Å². The summed E-state index contributed by atoms with van der Waals surface area (Å²) >= 11 is 1.12. The van der Waals surface area contributed by atoms with Crippen molar-refractivity contribution in [3.63, 3.8) is 0 Å². The zero-order valence-electron chi connectivity index (χ0n) is 16.2. The molecule has 0 radical (unpaired) electrons. The van der Waals surface area contributed by atoms with Crippen molar-refractivity contribution in [1.29, 1.82) is 0 Å². The summed E-state index contributed by atoms with van der Waals surface area (Å²) in [6.07, 6.45) is 0. The van der Waals surface area contributed by atoms with Crippen LogP contribution in [0.15, 0.2) is 93.1 Å². The van der Waals surface area contributed by atoms with E-state index in [0.29, 0.717) is 16.5 Å². The highest BCUT2D eigenvalue weighted by atomic mass is 32.2. The Morgan fingerprint density at radius 3 is 2.16 bits per heavy atom. The van der Waals surface area contributed by atoms with Crippen LogP contribution in [0.4, 0.5) is 17.1 Å². The lowest BCUT2D eigenvalue weighted by Gasteiger charge is -2.34. The van der Waals surface area contributed by atoms with E-state index < -0.39 is 14.9 Å². The molecule has 0 spiro atoms. The quantitative estimate of drug-likeness (QED) is 0.403. The minimum Gasteiger partial charge on any atom is -0.267 e. The molecule has 0 amide bonds. The number of hydrogen-bond acceptors (Lipinski definition) is 6. The monoisotopic (exact) mass is 452 g/mol. The standard InChI is InChI=1S/C21H16N4O4S2/c1-15-7-13-19(14-8-15)31(28,29)23-21-24(17-5-3-2-4-6-17)20(30-21)22-16-9-11-18(12-10-16)25(26)27/h2-14H,1H3. The van der Waals surface area contributed by atoms with Crippen LogP contribution < -0.4 is 4.90 Å². The van der Waals surface area contributed by atoms with Crippen molar-refractivity contribution in [2.45, 2.75) is 11.8 Å². The van der Waals surface area contributed by atoms with Crippen LogP contribution in [0.5, 0.6) is 0 Å². The summed E-state index contributed by atoms with van der Waals surface area (Å²) in [5.41, 5.74) is 2.14. The smallest absolute Gasteiger partial charge is 0.267 e. The molecule has 0 saturated carbocycles. The van der Waals surface area contributed by atoms with Crippen molar-refractivity contribution in [3.05, 3.63) is 94.5 Å². The van der Waals surface area contributed by atoms with Crippen LogP contribution in [-0.4, -0.2) is 23.7 Å². The molecule has 0 aromatic heterocycles. The molecule has 3 aromatic rings. The van der Waals surface area contributed by atoms with Crippen LogP contribution in [0, 0.1) is 17.0 Å². The molecule has 0 N–H and O–H groups in total. The Morgan fingerprint density at radius 2 is 1.55 bits per heavy atom. The second-order valence-electron chi connectivity index (χ2n) is 6.60. The largest absolute Gasteiger partial charge is 0.284 e. The van der Waals surface area contributed by atoms with Crippen molar-refractivity contribution in [2.75, 3.05) is 4.90 Å². The molecule has 3 aromatic carbocycles. The molecule has 1 saturated heterocycles. The number of nitrogens with zero attached hydrogens (tertiary/aromatic N) is 4. The highest BCUT2D eigenvalue weighted by molar-refractivity contribution is 8.30. The van der Waals surface area contributed by atoms with Crippen molar-refractivity contribution in [1.82, 2.24) is 0 Å². The summed E-state index contributed by atoms with van der Waals surface area (Å²) in [4.78, 5) is 16.6. The molecule has 0 aliphatic carbocycles. The molecule has 156 valence electrons. The third-order valence-electron chi connectivity index (χ3n) is 4.38. The van der Waals surface area contributed by atoms with Gasteiger partial charge in [0.05, 0.1) is 21.2 Å². The number of amidine groups is 2. The van der Waals surface area contributed by atoms with Gasteiger partial charge in [0.15, 0.2) is 10.3 Å². The summed E-state index contributed by atoms with van der Waals surface area (Å²) in [5, 5.41) is 11.6. The van der Waals surface area contributed by atoms with Crippen molar-refractivity contribution in [3.8, 4) is 0 Å². The summed E-state index contributed by atoms with van der Waals surface area (Å²) < 4.78 is 29.5. The van der Waals surface area contributed by atoms with Gasteiger partial charge in [-0.25, -0.2) is 4.99 Å². The molecule has 4 rings (SSSR count). The predicted molar refractivity (Wildman–Crippen MR) is 123 cm³/mol. The average molecular weight is 453 g/mol. The van der Waals surface area contributed by atoms with Gasteiger partial charge in [0.2, 0.25) is 0 Å². The maximum absolute atomic E-state index is 12.8. The lowest BCUT2D eigenvalue weighted by molar-refractivity contribution is -0.384. The summed E-state index contributed by atoms with van der Waals surface area (Å²) in [7, 11) is -3.89. The van der Waals surface area contributed by atoms with Gasteiger partial charge in [-0.1, -0.05) is 35.9 Å². The lowest BCUT2D eigenvalue weighted by atomic mass is 10.2. The summed E-state index contributed by atoms with van der Waals surface area (Å²) in [6, 6.07) is 21.4. The van der Waals surface area contributed by atoms with Gasteiger partial charge in [0.1, 0.15) is 0 Å². The van der Waals surface area contributed by atoms with E-state index in [2.05, 4.69) is 9.39 Å². The van der Waals surface area contributed by atoms with E-state index in [1.165, 1.54) is 36.4 Å². The van der Waals surface area contributed by atoms with Gasteiger partial charge in [-0.3, -0.25) is 15.0 Å². The summed E-state index contributed by atoms with van der Waals surface area (Å²) in [6.45, 7) is 1.88. The maximum atomic E-state index is 12.8. The van der Waals surface area contributed by atoms with Crippen LogP contribution in [0.3, 0.4) is 0 Å². The van der Waals surface area contributed by atoms with E-state index >= 15 is 0 Å². The lowest BCUT2D eigenvalue weighted by Crippen LogP contribution is -2.44. The van der Waals surface area contributed by atoms with E-state index in [9.17, 15) is 18.5 Å². The minimum absolute atomic E-state index is 0.0310. The van der Waals surface area contributed by atoms with Gasteiger partial charge >= 0.3 is 0 Å². The second kappa shape index (κ2) is 8.32. The number of hydrogen-bond donors (Lipinski definition) is 0. The van der Waals surface area contributed by atoms with E-state index in [1.54, 1.807) is 17.0 Å². The van der Waals surface area contributed by atoms with Crippen molar-refractivity contribution >= 4 is 49.2 Å². The molecule has 0 unspecified atom stereocenters. The highest BCUT2D eigenvalue weighted by Crippen LogP contribution is 2.36. The SMILES string of the molecule is Cc1ccc(S(=O)(=O)N=C2SC(=Nc3ccc([N+](=O)[O-])cc3)N2c2ccccc2)cc1. The Labute approximate surface area is 183 Å². The third kappa shape index (κ3) is 4.49. The molecule has 1 aliphatic heterocycles. The number of sulfonamides is 1. The third-order valence-corrected chi connectivity index (χ3v) is 6.69. The number of aryl methyl sites for hydroxylation is 1. The number of anilines is 1. The number of nitro groups is 1. The Morgan fingerprint density at radius 1 is 0.903 bits per heavy atom. The zero-order valence-corrected chi connectivity index (χ0v) is 17.9. The van der Waals surface area contributed by atoms with Crippen molar-refractivity contribution < 1.29 is 13.3 Å². The van der Waals surface area contributed by atoms with E-state index in [1.807, 2.05) is 37.3 Å². The Bertz CT molecular complexity index is 1290.